The molecule has 1 aliphatic carbocycles. The van der Waals surface area contributed by atoms with Crippen molar-refractivity contribution in [3.05, 3.63) is 29.8 Å². The monoisotopic (exact) mass is 318 g/mol. The molecular formula is C18H26N2O3. The number of hydrogen-bond donors (Lipinski definition) is 2. The molecule has 0 aliphatic heterocycles. The topological polar surface area (TPSA) is 81.4 Å². The van der Waals surface area contributed by atoms with Crippen LogP contribution in [-0.4, -0.2) is 25.0 Å². The van der Waals surface area contributed by atoms with Crippen molar-refractivity contribution in [3.8, 4) is 0 Å². The van der Waals surface area contributed by atoms with Gasteiger partial charge in [0.15, 0.2) is 0 Å². The Balaban J connectivity index is 1.82. The largest absolute Gasteiger partial charge is 0.466 e. The molecule has 0 unspecified atom stereocenters. The molecule has 0 radical (unpaired) electrons. The highest BCUT2D eigenvalue weighted by atomic mass is 16.5. The summed E-state index contributed by atoms with van der Waals surface area (Å²) in [6, 6.07) is 8.09. The first-order chi connectivity index (χ1) is 11.1. The van der Waals surface area contributed by atoms with Crippen molar-refractivity contribution in [1.82, 2.24) is 0 Å². The number of esters is 1. The van der Waals surface area contributed by atoms with Crippen LogP contribution < -0.4 is 11.1 Å². The number of carbonyl (C=O) groups is 2. The summed E-state index contributed by atoms with van der Waals surface area (Å²) in [5.41, 5.74) is 7.49. The van der Waals surface area contributed by atoms with E-state index < -0.39 is 0 Å². The molecule has 0 spiro atoms. The summed E-state index contributed by atoms with van der Waals surface area (Å²) in [6.07, 6.45) is 4.75. The Bertz CT molecular complexity index is 520. The lowest BCUT2D eigenvalue weighted by Gasteiger charge is -2.28. The zero-order valence-corrected chi connectivity index (χ0v) is 13.7. The van der Waals surface area contributed by atoms with Crippen LogP contribution in [0.2, 0.25) is 0 Å². The number of nitrogens with two attached hydrogens (primary N) is 1. The van der Waals surface area contributed by atoms with Crippen molar-refractivity contribution in [3.63, 3.8) is 0 Å². The highest BCUT2D eigenvalue weighted by Gasteiger charge is 2.23. The number of benzene rings is 1. The zero-order valence-electron chi connectivity index (χ0n) is 13.7. The van der Waals surface area contributed by atoms with Crippen molar-refractivity contribution in [2.75, 3.05) is 18.5 Å². The molecule has 0 saturated heterocycles. The van der Waals surface area contributed by atoms with Crippen molar-refractivity contribution < 1.29 is 14.3 Å². The zero-order chi connectivity index (χ0) is 16.7. The van der Waals surface area contributed by atoms with E-state index in [9.17, 15) is 9.59 Å². The summed E-state index contributed by atoms with van der Waals surface area (Å²) in [7, 11) is 0. The first-order valence-corrected chi connectivity index (χ1v) is 8.31. The Kier molecular flexibility index (Phi) is 6.59. The third-order valence-electron chi connectivity index (χ3n) is 4.41. The number of amides is 1. The number of anilines is 1. The van der Waals surface area contributed by atoms with E-state index in [-0.39, 0.29) is 11.9 Å². The lowest BCUT2D eigenvalue weighted by molar-refractivity contribution is -0.142. The summed E-state index contributed by atoms with van der Waals surface area (Å²) in [5, 5.41) is 2.84. The molecule has 0 aromatic heterocycles. The molecule has 1 aromatic carbocycles. The van der Waals surface area contributed by atoms with Crippen LogP contribution in [-0.2, 0) is 14.3 Å². The molecule has 1 amide bonds. The SMILES string of the molecule is CC(=O)OCC1CCC(c2ccc(NC(=O)CCN)cc2)CC1. The molecule has 3 N–H and O–H groups in total. The van der Waals surface area contributed by atoms with Gasteiger partial charge in [0.2, 0.25) is 5.91 Å². The highest BCUT2D eigenvalue weighted by molar-refractivity contribution is 5.90. The molecule has 1 fully saturated rings. The van der Waals surface area contributed by atoms with E-state index in [2.05, 4.69) is 17.4 Å². The maximum Gasteiger partial charge on any atom is 0.302 e. The van der Waals surface area contributed by atoms with Crippen LogP contribution in [0.15, 0.2) is 24.3 Å². The Labute approximate surface area is 137 Å². The molecule has 23 heavy (non-hydrogen) atoms. The van der Waals surface area contributed by atoms with Gasteiger partial charge in [-0.05, 0) is 55.2 Å². The van der Waals surface area contributed by atoms with Gasteiger partial charge < -0.3 is 15.8 Å². The van der Waals surface area contributed by atoms with E-state index in [4.69, 9.17) is 10.5 Å². The average molecular weight is 318 g/mol. The maximum absolute atomic E-state index is 11.5. The molecule has 1 aliphatic rings. The predicted octanol–water partition coefficient (Wildman–Crippen LogP) is 2.81. The molecule has 126 valence electrons. The van der Waals surface area contributed by atoms with Gasteiger partial charge in [-0.25, -0.2) is 0 Å². The van der Waals surface area contributed by atoms with Gasteiger partial charge in [-0.15, -0.1) is 0 Å². The van der Waals surface area contributed by atoms with Crippen molar-refractivity contribution in [2.45, 2.75) is 44.9 Å². The van der Waals surface area contributed by atoms with Crippen LogP contribution in [0.5, 0.6) is 0 Å². The molecule has 2 rings (SSSR count). The minimum Gasteiger partial charge on any atom is -0.466 e. The standard InChI is InChI=1S/C18H26N2O3/c1-13(21)23-12-14-2-4-15(5-3-14)16-6-8-17(9-7-16)20-18(22)10-11-19/h6-9,14-15H,2-5,10-12,19H2,1H3,(H,20,22). The van der Waals surface area contributed by atoms with E-state index in [1.807, 2.05) is 12.1 Å². The summed E-state index contributed by atoms with van der Waals surface area (Å²) < 4.78 is 5.11. The highest BCUT2D eigenvalue weighted by Crippen LogP contribution is 2.36. The van der Waals surface area contributed by atoms with Gasteiger partial charge in [-0.1, -0.05) is 12.1 Å². The number of rotatable bonds is 6. The molecular weight excluding hydrogens is 292 g/mol. The van der Waals surface area contributed by atoms with Crippen LogP contribution in [0.25, 0.3) is 0 Å². The van der Waals surface area contributed by atoms with Gasteiger partial charge >= 0.3 is 5.97 Å². The summed E-state index contributed by atoms with van der Waals surface area (Å²) in [4.78, 5) is 22.4. The average Bonchev–Trinajstić information content (AvgIpc) is 2.54. The fourth-order valence-electron chi connectivity index (χ4n) is 3.09. The summed E-state index contributed by atoms with van der Waals surface area (Å²) >= 11 is 0. The van der Waals surface area contributed by atoms with Gasteiger partial charge in [0.05, 0.1) is 6.61 Å². The second-order valence-corrected chi connectivity index (χ2v) is 6.23. The molecule has 0 bridgehead atoms. The van der Waals surface area contributed by atoms with E-state index in [0.29, 0.717) is 31.4 Å². The Morgan fingerprint density at radius 3 is 2.39 bits per heavy atom. The van der Waals surface area contributed by atoms with Crippen LogP contribution in [0.4, 0.5) is 5.69 Å². The van der Waals surface area contributed by atoms with E-state index in [1.54, 1.807) is 0 Å². The fraction of sp³-hybridized carbons (Fsp3) is 0.556. The van der Waals surface area contributed by atoms with Crippen LogP contribution >= 0.6 is 0 Å². The van der Waals surface area contributed by atoms with Gasteiger partial charge in [0, 0.05) is 25.6 Å². The second kappa shape index (κ2) is 8.67. The van der Waals surface area contributed by atoms with Gasteiger partial charge in [-0.3, -0.25) is 9.59 Å². The third kappa shape index (κ3) is 5.67. The Hall–Kier alpha value is -1.88. The van der Waals surface area contributed by atoms with Crippen molar-refractivity contribution in [1.29, 1.82) is 0 Å². The fourth-order valence-corrected chi connectivity index (χ4v) is 3.09. The van der Waals surface area contributed by atoms with Crippen molar-refractivity contribution in [2.24, 2.45) is 11.7 Å². The summed E-state index contributed by atoms with van der Waals surface area (Å²) in [5.74, 6) is 0.799. The molecule has 5 heteroatoms. The van der Waals surface area contributed by atoms with E-state index in [1.165, 1.54) is 12.5 Å². The van der Waals surface area contributed by atoms with Crippen LogP contribution in [0.1, 0.15) is 50.5 Å². The first-order valence-electron chi connectivity index (χ1n) is 8.31. The van der Waals surface area contributed by atoms with Gasteiger partial charge in [0.1, 0.15) is 0 Å². The molecule has 1 aromatic rings. The maximum atomic E-state index is 11.5. The first kappa shape index (κ1) is 17.5. The third-order valence-corrected chi connectivity index (χ3v) is 4.41. The van der Waals surface area contributed by atoms with Gasteiger partial charge in [-0.2, -0.15) is 0 Å². The number of hydrogen-bond acceptors (Lipinski definition) is 4. The van der Waals surface area contributed by atoms with E-state index in [0.717, 1.165) is 31.4 Å². The lowest BCUT2D eigenvalue weighted by Crippen LogP contribution is -2.19. The minimum absolute atomic E-state index is 0.0498. The number of ether oxygens (including phenoxy) is 1. The van der Waals surface area contributed by atoms with E-state index >= 15 is 0 Å². The molecule has 1 saturated carbocycles. The predicted molar refractivity (Wildman–Crippen MR) is 90.1 cm³/mol. The number of nitrogens with one attached hydrogen (secondary N) is 1. The van der Waals surface area contributed by atoms with Crippen LogP contribution in [0.3, 0.4) is 0 Å². The Morgan fingerprint density at radius 1 is 1.17 bits per heavy atom. The normalized spacial score (nSPS) is 20.8. The number of carbonyl (C=O) groups excluding carboxylic acids is 2. The van der Waals surface area contributed by atoms with Crippen LogP contribution in [0, 0.1) is 5.92 Å². The second-order valence-electron chi connectivity index (χ2n) is 6.23. The molecule has 0 heterocycles. The quantitative estimate of drug-likeness (QED) is 0.790. The van der Waals surface area contributed by atoms with Gasteiger partial charge in [0.25, 0.3) is 0 Å². The minimum atomic E-state index is -0.195. The van der Waals surface area contributed by atoms with Crippen molar-refractivity contribution >= 4 is 17.6 Å². The smallest absolute Gasteiger partial charge is 0.302 e. The summed E-state index contributed by atoms with van der Waals surface area (Å²) in [6.45, 7) is 2.37. The molecule has 5 nitrogen and oxygen atoms in total. The lowest BCUT2D eigenvalue weighted by atomic mass is 9.79. The molecule has 0 atom stereocenters. The Morgan fingerprint density at radius 2 is 1.83 bits per heavy atom.